The Morgan fingerprint density at radius 1 is 1.69 bits per heavy atom. The van der Waals surface area contributed by atoms with E-state index in [0.717, 1.165) is 4.90 Å². The second-order valence-electron chi connectivity index (χ2n) is 2.65. The summed E-state index contributed by atoms with van der Waals surface area (Å²) in [5.74, 6) is 0. The highest BCUT2D eigenvalue weighted by Crippen LogP contribution is 1.90. The van der Waals surface area contributed by atoms with Crippen molar-refractivity contribution in [1.82, 2.24) is 10.2 Å². The van der Waals surface area contributed by atoms with E-state index >= 15 is 0 Å². The topological polar surface area (TPSA) is 75.4 Å². The van der Waals surface area contributed by atoms with Crippen molar-refractivity contribution >= 4 is 12.4 Å². The van der Waals surface area contributed by atoms with E-state index in [2.05, 4.69) is 11.9 Å². The lowest BCUT2D eigenvalue weighted by Crippen LogP contribution is -2.39. The zero-order chi connectivity index (χ0) is 10.3. The maximum absolute atomic E-state index is 11.2. The molecule has 0 fully saturated rings. The molecular weight excluding hydrogens is 170 g/mol. The first-order chi connectivity index (χ1) is 6.11. The van der Waals surface area contributed by atoms with Crippen molar-refractivity contribution < 1.29 is 9.59 Å². The molecule has 13 heavy (non-hydrogen) atoms. The Morgan fingerprint density at radius 3 is 2.69 bits per heavy atom. The molecule has 0 spiro atoms. The zero-order valence-corrected chi connectivity index (χ0v) is 7.75. The van der Waals surface area contributed by atoms with E-state index in [4.69, 9.17) is 5.73 Å². The summed E-state index contributed by atoms with van der Waals surface area (Å²) in [5, 5.41) is 2.42. The molecule has 5 nitrogen and oxygen atoms in total. The van der Waals surface area contributed by atoms with Crippen LogP contribution in [0.3, 0.4) is 0 Å². The summed E-state index contributed by atoms with van der Waals surface area (Å²) in [4.78, 5) is 22.6. The molecule has 0 radical (unpaired) electrons. The van der Waals surface area contributed by atoms with Crippen LogP contribution in [0.15, 0.2) is 12.3 Å². The quantitative estimate of drug-likeness (QED) is 0.594. The Kier molecular flexibility index (Phi) is 5.54. The molecule has 3 amide bonds. The van der Waals surface area contributed by atoms with E-state index in [1.54, 1.807) is 6.92 Å². The number of nitrogens with two attached hydrogens (primary N) is 1. The fourth-order valence-corrected chi connectivity index (χ4v) is 0.718. The Hall–Kier alpha value is -1.36. The largest absolute Gasteiger partial charge is 0.330 e. The van der Waals surface area contributed by atoms with Gasteiger partial charge in [-0.1, -0.05) is 6.58 Å². The first kappa shape index (κ1) is 11.6. The first-order valence-corrected chi connectivity index (χ1v) is 4.00. The van der Waals surface area contributed by atoms with Crippen molar-refractivity contribution in [2.45, 2.75) is 13.3 Å². The number of rotatable bonds is 5. The summed E-state index contributed by atoms with van der Waals surface area (Å²) in [6.45, 7) is 5.92. The number of imide groups is 1. The van der Waals surface area contributed by atoms with Crippen LogP contribution in [0.4, 0.5) is 4.79 Å². The van der Waals surface area contributed by atoms with Gasteiger partial charge in [0, 0.05) is 12.2 Å². The van der Waals surface area contributed by atoms with Gasteiger partial charge in [0.25, 0.3) is 0 Å². The standard InChI is InChI=1S/C8H15N3O2/c1-7(2)10-8(13)11(6-12)5-3-4-9/h6H,1,3-5,9H2,2H3,(H,10,13). The minimum absolute atomic E-state index is 0.332. The van der Waals surface area contributed by atoms with Crippen molar-refractivity contribution in [3.05, 3.63) is 12.3 Å². The van der Waals surface area contributed by atoms with Gasteiger partial charge in [0.15, 0.2) is 0 Å². The van der Waals surface area contributed by atoms with Crippen molar-refractivity contribution in [3.63, 3.8) is 0 Å². The Morgan fingerprint density at radius 2 is 2.31 bits per heavy atom. The first-order valence-electron chi connectivity index (χ1n) is 4.00. The minimum atomic E-state index is -0.462. The lowest BCUT2D eigenvalue weighted by atomic mass is 10.4. The third-order valence-electron chi connectivity index (χ3n) is 1.31. The minimum Gasteiger partial charge on any atom is -0.330 e. The van der Waals surface area contributed by atoms with Gasteiger partial charge in [-0.3, -0.25) is 9.69 Å². The van der Waals surface area contributed by atoms with Gasteiger partial charge in [-0.2, -0.15) is 0 Å². The van der Waals surface area contributed by atoms with Crippen LogP contribution in [0, 0.1) is 0 Å². The zero-order valence-electron chi connectivity index (χ0n) is 7.75. The van der Waals surface area contributed by atoms with Crippen LogP contribution in [-0.4, -0.2) is 30.4 Å². The van der Waals surface area contributed by atoms with E-state index < -0.39 is 6.03 Å². The summed E-state index contributed by atoms with van der Waals surface area (Å²) in [6, 6.07) is -0.462. The van der Waals surface area contributed by atoms with Crippen LogP contribution in [0.2, 0.25) is 0 Å². The van der Waals surface area contributed by atoms with Gasteiger partial charge >= 0.3 is 6.03 Å². The molecule has 0 aliphatic carbocycles. The molecule has 0 rings (SSSR count). The van der Waals surface area contributed by atoms with Crippen LogP contribution in [0.25, 0.3) is 0 Å². The molecule has 0 bridgehead atoms. The molecule has 0 saturated heterocycles. The molecule has 0 aromatic rings. The Bertz CT molecular complexity index is 204. The molecule has 0 aliphatic heterocycles. The number of urea groups is 1. The second-order valence-corrected chi connectivity index (χ2v) is 2.65. The molecule has 74 valence electrons. The SMILES string of the molecule is C=C(C)NC(=O)N(C=O)CCCN. The molecule has 0 aromatic carbocycles. The fourth-order valence-electron chi connectivity index (χ4n) is 0.718. The molecule has 0 aromatic heterocycles. The van der Waals surface area contributed by atoms with Gasteiger partial charge < -0.3 is 11.1 Å². The highest BCUT2D eigenvalue weighted by molar-refractivity contribution is 5.85. The predicted molar refractivity (Wildman–Crippen MR) is 49.8 cm³/mol. The highest BCUT2D eigenvalue weighted by Gasteiger charge is 2.10. The van der Waals surface area contributed by atoms with Crippen LogP contribution < -0.4 is 11.1 Å². The predicted octanol–water partition coefficient (Wildman–Crippen LogP) is 0.0368. The Labute approximate surface area is 77.6 Å². The number of hydrogen-bond acceptors (Lipinski definition) is 3. The van der Waals surface area contributed by atoms with Gasteiger partial charge in [-0.15, -0.1) is 0 Å². The summed E-state index contributed by atoms with van der Waals surface area (Å²) < 4.78 is 0. The number of carbonyl (C=O) groups is 2. The summed E-state index contributed by atoms with van der Waals surface area (Å²) in [5.41, 5.74) is 5.75. The monoisotopic (exact) mass is 185 g/mol. The van der Waals surface area contributed by atoms with E-state index in [1.165, 1.54) is 0 Å². The average Bonchev–Trinajstić information content (AvgIpc) is 2.04. The van der Waals surface area contributed by atoms with Gasteiger partial charge in [0.2, 0.25) is 6.41 Å². The summed E-state index contributed by atoms with van der Waals surface area (Å²) >= 11 is 0. The third kappa shape index (κ3) is 4.97. The number of hydrogen-bond donors (Lipinski definition) is 2. The molecule has 0 atom stereocenters. The lowest BCUT2D eigenvalue weighted by Gasteiger charge is -2.15. The molecule has 0 heterocycles. The van der Waals surface area contributed by atoms with E-state index in [-0.39, 0.29) is 0 Å². The number of amides is 3. The van der Waals surface area contributed by atoms with Crippen molar-refractivity contribution in [1.29, 1.82) is 0 Å². The molecule has 0 aliphatic rings. The molecule has 0 unspecified atom stereocenters. The Balaban J connectivity index is 3.99. The van der Waals surface area contributed by atoms with E-state index in [1.807, 2.05) is 0 Å². The summed E-state index contributed by atoms with van der Waals surface area (Å²) in [6.07, 6.45) is 1.08. The molecule has 3 N–H and O–H groups in total. The highest BCUT2D eigenvalue weighted by atomic mass is 16.2. The second kappa shape index (κ2) is 6.19. The maximum Gasteiger partial charge on any atom is 0.328 e. The smallest absolute Gasteiger partial charge is 0.328 e. The van der Waals surface area contributed by atoms with Gasteiger partial charge in [-0.05, 0) is 19.9 Å². The van der Waals surface area contributed by atoms with Gasteiger partial charge in [-0.25, -0.2) is 4.79 Å². The normalized spacial score (nSPS) is 9.08. The molecule has 0 saturated carbocycles. The number of nitrogens with one attached hydrogen (secondary N) is 1. The van der Waals surface area contributed by atoms with Crippen molar-refractivity contribution in [2.75, 3.05) is 13.1 Å². The lowest BCUT2D eigenvalue weighted by molar-refractivity contribution is -0.115. The van der Waals surface area contributed by atoms with Crippen LogP contribution in [0.1, 0.15) is 13.3 Å². The van der Waals surface area contributed by atoms with Crippen LogP contribution in [-0.2, 0) is 4.79 Å². The fraction of sp³-hybridized carbons (Fsp3) is 0.500. The van der Waals surface area contributed by atoms with Crippen LogP contribution in [0.5, 0.6) is 0 Å². The van der Waals surface area contributed by atoms with Gasteiger partial charge in [0.05, 0.1) is 0 Å². The van der Waals surface area contributed by atoms with E-state index in [0.29, 0.717) is 31.6 Å². The van der Waals surface area contributed by atoms with Crippen LogP contribution >= 0.6 is 0 Å². The van der Waals surface area contributed by atoms with Crippen molar-refractivity contribution in [2.24, 2.45) is 5.73 Å². The maximum atomic E-state index is 11.2. The van der Waals surface area contributed by atoms with Gasteiger partial charge in [0.1, 0.15) is 0 Å². The number of nitrogens with zero attached hydrogens (tertiary/aromatic N) is 1. The molecule has 5 heteroatoms. The number of allylic oxidation sites excluding steroid dienone is 1. The number of carbonyl (C=O) groups excluding carboxylic acids is 2. The summed E-state index contributed by atoms with van der Waals surface area (Å²) in [7, 11) is 0. The third-order valence-corrected chi connectivity index (χ3v) is 1.31. The molecular formula is C8H15N3O2. The van der Waals surface area contributed by atoms with E-state index in [9.17, 15) is 9.59 Å². The van der Waals surface area contributed by atoms with Crippen molar-refractivity contribution in [3.8, 4) is 0 Å². The average molecular weight is 185 g/mol.